The van der Waals surface area contributed by atoms with Crippen LogP contribution in [0.25, 0.3) is 0 Å². The second-order valence-corrected chi connectivity index (χ2v) is 4.85. The Morgan fingerprint density at radius 2 is 1.33 bits per heavy atom. The van der Waals surface area contributed by atoms with Crippen LogP contribution in [0.3, 0.4) is 0 Å². The van der Waals surface area contributed by atoms with E-state index in [0.717, 1.165) is 5.56 Å². The Balaban J connectivity index is 2.46. The van der Waals surface area contributed by atoms with Crippen molar-refractivity contribution in [1.82, 2.24) is 0 Å². The maximum absolute atomic E-state index is 11.4. The van der Waals surface area contributed by atoms with Gasteiger partial charge in [0.2, 0.25) is 10.9 Å². The van der Waals surface area contributed by atoms with E-state index in [1.165, 1.54) is 4.31 Å². The normalized spacial score (nSPS) is 10.6. The van der Waals surface area contributed by atoms with Gasteiger partial charge in [-0.1, -0.05) is 17.7 Å². The molecule has 0 fully saturated rings. The summed E-state index contributed by atoms with van der Waals surface area (Å²) in [6.45, 7) is 1.95. The highest BCUT2D eigenvalue weighted by Crippen LogP contribution is 2.26. The highest BCUT2D eigenvalue weighted by atomic mass is 32.2. The molecule has 94 valence electrons. The predicted octanol–water partition coefficient (Wildman–Crippen LogP) is 2.24. The fourth-order valence-corrected chi connectivity index (χ4v) is 2.28. The number of nitrogens with two attached hydrogens (primary N) is 1. The number of aryl methyl sites for hydroxylation is 1. The molecule has 0 saturated heterocycles. The zero-order valence-corrected chi connectivity index (χ0v) is 10.8. The molecule has 0 aliphatic carbocycles. The van der Waals surface area contributed by atoms with Gasteiger partial charge in [0.1, 0.15) is 0 Å². The first-order valence-electron chi connectivity index (χ1n) is 5.44. The van der Waals surface area contributed by atoms with Crippen LogP contribution in [0.2, 0.25) is 0 Å². The van der Waals surface area contributed by atoms with Gasteiger partial charge in [0.25, 0.3) is 0 Å². The smallest absolute Gasteiger partial charge is 0.229 e. The van der Waals surface area contributed by atoms with Gasteiger partial charge in [0.05, 0.1) is 11.4 Å². The van der Waals surface area contributed by atoms with Crippen molar-refractivity contribution < 1.29 is 8.42 Å². The number of anilines is 3. The van der Waals surface area contributed by atoms with Gasteiger partial charge in [-0.25, -0.2) is 12.7 Å². The van der Waals surface area contributed by atoms with E-state index >= 15 is 0 Å². The molecular weight excluding hydrogens is 248 g/mol. The van der Waals surface area contributed by atoms with E-state index < -0.39 is 10.9 Å². The van der Waals surface area contributed by atoms with Gasteiger partial charge < -0.3 is 5.73 Å². The van der Waals surface area contributed by atoms with Crippen LogP contribution in [0, 0.1) is 6.92 Å². The third kappa shape index (κ3) is 2.62. The lowest BCUT2D eigenvalue weighted by Gasteiger charge is -2.18. The number of benzene rings is 2. The van der Waals surface area contributed by atoms with Crippen molar-refractivity contribution in [2.45, 2.75) is 6.92 Å². The highest BCUT2D eigenvalue weighted by molar-refractivity contribution is 7.74. The van der Waals surface area contributed by atoms with Crippen molar-refractivity contribution in [2.24, 2.45) is 0 Å². The number of rotatable bonds is 3. The fraction of sp³-hybridized carbons (Fsp3) is 0.0769. The molecule has 0 radical (unpaired) electrons. The van der Waals surface area contributed by atoms with E-state index in [4.69, 9.17) is 5.73 Å². The average Bonchev–Trinajstić information content (AvgIpc) is 2.34. The Labute approximate surface area is 108 Å². The number of nitrogen functional groups attached to an aromatic ring is 1. The van der Waals surface area contributed by atoms with Crippen molar-refractivity contribution in [2.75, 3.05) is 10.0 Å². The van der Waals surface area contributed by atoms with Crippen LogP contribution in [-0.2, 0) is 10.9 Å². The van der Waals surface area contributed by atoms with Crippen LogP contribution in [0.4, 0.5) is 17.1 Å². The SMILES string of the molecule is Cc1ccc(N(c2ccc(N)cc2)[SH](=O)=O)cc1. The first-order valence-corrected chi connectivity index (χ1v) is 6.57. The van der Waals surface area contributed by atoms with E-state index in [0.29, 0.717) is 17.1 Å². The van der Waals surface area contributed by atoms with E-state index in [1.807, 2.05) is 19.1 Å². The van der Waals surface area contributed by atoms with Crippen molar-refractivity contribution in [3.63, 3.8) is 0 Å². The van der Waals surface area contributed by atoms with E-state index in [-0.39, 0.29) is 0 Å². The van der Waals surface area contributed by atoms with Crippen LogP contribution in [0.5, 0.6) is 0 Å². The summed E-state index contributed by atoms with van der Waals surface area (Å²) in [6, 6.07) is 14.0. The molecule has 18 heavy (non-hydrogen) atoms. The van der Waals surface area contributed by atoms with Crippen LogP contribution < -0.4 is 10.0 Å². The van der Waals surface area contributed by atoms with Gasteiger partial charge in [0, 0.05) is 5.69 Å². The molecule has 2 aromatic rings. The molecule has 2 aromatic carbocycles. The Bertz CT molecular complexity index is 550. The first kappa shape index (κ1) is 12.4. The van der Waals surface area contributed by atoms with Crippen molar-refractivity contribution in [1.29, 1.82) is 0 Å². The molecule has 0 saturated carbocycles. The Hall–Kier alpha value is -2.01. The minimum Gasteiger partial charge on any atom is -0.399 e. The van der Waals surface area contributed by atoms with Crippen LogP contribution >= 0.6 is 0 Å². The van der Waals surface area contributed by atoms with Crippen LogP contribution in [0.1, 0.15) is 5.56 Å². The molecule has 0 unspecified atom stereocenters. The molecule has 2 rings (SSSR count). The molecule has 0 bridgehead atoms. The molecular formula is C13H14N2O2S. The second-order valence-electron chi connectivity index (χ2n) is 3.98. The fourth-order valence-electron chi connectivity index (χ4n) is 1.64. The number of thiol groups is 1. The van der Waals surface area contributed by atoms with Gasteiger partial charge in [0.15, 0.2) is 0 Å². The monoisotopic (exact) mass is 262 g/mol. The van der Waals surface area contributed by atoms with Gasteiger partial charge in [-0.15, -0.1) is 0 Å². The summed E-state index contributed by atoms with van der Waals surface area (Å²) in [5.41, 5.74) is 8.46. The third-order valence-electron chi connectivity index (χ3n) is 2.58. The van der Waals surface area contributed by atoms with Gasteiger partial charge in [-0.2, -0.15) is 0 Å². The number of hydrogen-bond donors (Lipinski definition) is 2. The van der Waals surface area contributed by atoms with Crippen LogP contribution in [-0.4, -0.2) is 8.42 Å². The maximum Gasteiger partial charge on any atom is 0.229 e. The van der Waals surface area contributed by atoms with Gasteiger partial charge in [-0.3, -0.25) is 0 Å². The summed E-state index contributed by atoms with van der Waals surface area (Å²) in [7, 11) is -2.74. The standard InChI is InChI=1S/C13H14N2O2S/c1-10-2-6-12(7-3-10)15(18(16)17)13-8-4-11(14)5-9-13/h2-9,18H,14H2,1H3. The summed E-state index contributed by atoms with van der Waals surface area (Å²) in [5, 5.41) is 0. The van der Waals surface area contributed by atoms with E-state index in [1.54, 1.807) is 36.4 Å². The van der Waals surface area contributed by atoms with Crippen molar-refractivity contribution in [3.05, 3.63) is 54.1 Å². The van der Waals surface area contributed by atoms with Gasteiger partial charge >= 0.3 is 0 Å². The molecule has 0 aromatic heterocycles. The molecule has 5 heteroatoms. The van der Waals surface area contributed by atoms with E-state index in [9.17, 15) is 8.42 Å². The summed E-state index contributed by atoms with van der Waals surface area (Å²) >= 11 is 0. The largest absolute Gasteiger partial charge is 0.399 e. The van der Waals surface area contributed by atoms with Crippen LogP contribution in [0.15, 0.2) is 48.5 Å². The molecule has 2 N–H and O–H groups in total. The summed E-state index contributed by atoms with van der Waals surface area (Å²) < 4.78 is 24.1. The minimum atomic E-state index is -2.74. The second kappa shape index (κ2) is 5.10. The predicted molar refractivity (Wildman–Crippen MR) is 74.5 cm³/mol. The summed E-state index contributed by atoms with van der Waals surface area (Å²) in [4.78, 5) is 0. The Morgan fingerprint density at radius 3 is 1.78 bits per heavy atom. The van der Waals surface area contributed by atoms with Crippen molar-refractivity contribution >= 4 is 28.0 Å². The number of hydrogen-bond acceptors (Lipinski definition) is 3. The maximum atomic E-state index is 11.4. The van der Waals surface area contributed by atoms with E-state index in [2.05, 4.69) is 0 Å². The highest BCUT2D eigenvalue weighted by Gasteiger charge is 2.10. The molecule has 0 heterocycles. The lowest BCUT2D eigenvalue weighted by atomic mass is 10.2. The topological polar surface area (TPSA) is 63.4 Å². The van der Waals surface area contributed by atoms with Crippen molar-refractivity contribution in [3.8, 4) is 0 Å². The Morgan fingerprint density at radius 1 is 0.889 bits per heavy atom. The van der Waals surface area contributed by atoms with Gasteiger partial charge in [-0.05, 0) is 43.3 Å². The lowest BCUT2D eigenvalue weighted by Crippen LogP contribution is -2.14. The lowest BCUT2D eigenvalue weighted by molar-refractivity contribution is 0.614. The molecule has 0 aliphatic heterocycles. The molecule has 0 atom stereocenters. The first-order chi connectivity index (χ1) is 8.58. The zero-order valence-electron chi connectivity index (χ0n) is 9.91. The molecule has 4 nitrogen and oxygen atoms in total. The average molecular weight is 262 g/mol. The summed E-state index contributed by atoms with van der Waals surface area (Å²) in [5.74, 6) is 0. The number of nitrogens with zero attached hydrogens (tertiary/aromatic N) is 1. The molecule has 0 aliphatic rings. The minimum absolute atomic E-state index is 0.573. The zero-order chi connectivity index (χ0) is 13.1. The summed E-state index contributed by atoms with van der Waals surface area (Å²) in [6.07, 6.45) is 0. The molecule has 0 spiro atoms. The molecule has 0 amide bonds. The Kier molecular flexibility index (Phi) is 3.53. The third-order valence-corrected chi connectivity index (χ3v) is 3.37. The quantitative estimate of drug-likeness (QED) is 0.658.